The van der Waals surface area contributed by atoms with Crippen molar-refractivity contribution in [1.29, 1.82) is 0 Å². The lowest BCUT2D eigenvalue weighted by atomic mass is 9.95. The van der Waals surface area contributed by atoms with E-state index >= 15 is 0 Å². The van der Waals surface area contributed by atoms with E-state index in [-0.39, 0.29) is 18.2 Å². The Kier molecular flexibility index (Phi) is 5.96. The van der Waals surface area contributed by atoms with Gasteiger partial charge < -0.3 is 15.2 Å². The van der Waals surface area contributed by atoms with Crippen LogP contribution < -0.4 is 10.6 Å². The Hall–Kier alpha value is -2.51. The van der Waals surface area contributed by atoms with Gasteiger partial charge in [-0.3, -0.25) is 4.79 Å². The molecule has 0 unspecified atom stereocenters. The van der Waals surface area contributed by atoms with Gasteiger partial charge in [-0.1, -0.05) is 24.4 Å². The van der Waals surface area contributed by atoms with Crippen LogP contribution in [0.25, 0.3) is 0 Å². The largest absolute Gasteiger partial charge is 0.416 e. The molecule has 5 nitrogen and oxygen atoms in total. The van der Waals surface area contributed by atoms with Crippen molar-refractivity contribution in [2.24, 2.45) is 0 Å². The van der Waals surface area contributed by atoms with E-state index in [0.29, 0.717) is 22.7 Å². The number of carbonyl (C=O) groups excluding carboxylic acids is 1. The van der Waals surface area contributed by atoms with Crippen molar-refractivity contribution in [2.45, 2.75) is 64.6 Å². The van der Waals surface area contributed by atoms with Crippen LogP contribution in [0.5, 0.6) is 0 Å². The molecule has 1 aliphatic carbocycles. The number of benzene rings is 1. The minimum absolute atomic E-state index is 0.0136. The molecule has 0 saturated heterocycles. The second kappa shape index (κ2) is 8.24. The van der Waals surface area contributed by atoms with Crippen LogP contribution in [0.15, 0.2) is 22.7 Å². The summed E-state index contributed by atoms with van der Waals surface area (Å²) >= 11 is 0. The van der Waals surface area contributed by atoms with E-state index in [1.165, 1.54) is 12.5 Å². The van der Waals surface area contributed by atoms with Gasteiger partial charge in [-0.15, -0.1) is 0 Å². The highest BCUT2D eigenvalue weighted by molar-refractivity contribution is 5.95. The Bertz CT molecular complexity index is 820. The number of aromatic nitrogens is 1. The molecule has 3 rings (SSSR count). The van der Waals surface area contributed by atoms with Gasteiger partial charge in [0.05, 0.1) is 29.1 Å². The van der Waals surface area contributed by atoms with Crippen molar-refractivity contribution >= 4 is 17.3 Å². The van der Waals surface area contributed by atoms with Crippen LogP contribution >= 0.6 is 0 Å². The number of hydrogen-bond donors (Lipinski definition) is 2. The van der Waals surface area contributed by atoms with Gasteiger partial charge in [0, 0.05) is 11.6 Å². The van der Waals surface area contributed by atoms with Gasteiger partial charge in [0.15, 0.2) is 0 Å². The molecule has 1 aromatic carbocycles. The Morgan fingerprint density at radius 3 is 2.50 bits per heavy atom. The molecule has 1 aromatic heterocycles. The summed E-state index contributed by atoms with van der Waals surface area (Å²) in [5.41, 5.74) is 1.09. The van der Waals surface area contributed by atoms with Gasteiger partial charge >= 0.3 is 6.18 Å². The Morgan fingerprint density at radius 2 is 1.89 bits per heavy atom. The highest BCUT2D eigenvalue weighted by atomic mass is 19.4. The monoisotopic (exact) mass is 395 g/mol. The molecular formula is C20H24F3N3O2. The summed E-state index contributed by atoms with van der Waals surface area (Å²) in [6, 6.07) is 3.61. The smallest absolute Gasteiger partial charge is 0.381 e. The summed E-state index contributed by atoms with van der Waals surface area (Å²) < 4.78 is 44.5. The predicted octanol–water partition coefficient (Wildman–Crippen LogP) is 5.24. The lowest BCUT2D eigenvalue weighted by molar-refractivity contribution is -0.137. The molecule has 28 heavy (non-hydrogen) atoms. The third kappa shape index (κ3) is 4.85. The van der Waals surface area contributed by atoms with Crippen LogP contribution in [-0.4, -0.2) is 17.1 Å². The first-order chi connectivity index (χ1) is 13.2. The summed E-state index contributed by atoms with van der Waals surface area (Å²) in [6.45, 7) is 3.42. The molecule has 1 heterocycles. The molecule has 1 saturated carbocycles. The topological polar surface area (TPSA) is 67.2 Å². The Labute approximate surface area is 161 Å². The second-order valence-corrected chi connectivity index (χ2v) is 7.27. The summed E-state index contributed by atoms with van der Waals surface area (Å²) in [5, 5.41) is 9.74. The molecule has 1 amide bonds. The van der Waals surface area contributed by atoms with Crippen LogP contribution in [0.1, 0.15) is 54.7 Å². The summed E-state index contributed by atoms with van der Waals surface area (Å²) in [5.74, 6) is 0.109. The molecule has 1 aliphatic rings. The zero-order valence-electron chi connectivity index (χ0n) is 15.9. The summed E-state index contributed by atoms with van der Waals surface area (Å²) in [7, 11) is 0. The molecule has 0 atom stereocenters. The first-order valence-electron chi connectivity index (χ1n) is 9.43. The van der Waals surface area contributed by atoms with Gasteiger partial charge in [-0.25, -0.2) is 0 Å². The third-order valence-electron chi connectivity index (χ3n) is 5.10. The van der Waals surface area contributed by atoms with E-state index in [4.69, 9.17) is 4.52 Å². The van der Waals surface area contributed by atoms with E-state index in [1.54, 1.807) is 13.8 Å². The number of nitrogens with one attached hydrogen (secondary N) is 2. The Balaban J connectivity index is 1.82. The molecule has 152 valence electrons. The van der Waals surface area contributed by atoms with E-state index in [0.717, 1.165) is 37.8 Å². The number of halogens is 3. The fraction of sp³-hybridized carbons (Fsp3) is 0.500. The first kappa shape index (κ1) is 20.2. The summed E-state index contributed by atoms with van der Waals surface area (Å²) in [4.78, 5) is 12.5. The number of alkyl halides is 3. The quantitative estimate of drug-likeness (QED) is 0.727. The van der Waals surface area contributed by atoms with Crippen LogP contribution in [-0.2, 0) is 17.4 Å². The minimum Gasteiger partial charge on any atom is -0.381 e. The van der Waals surface area contributed by atoms with E-state index < -0.39 is 17.6 Å². The average molecular weight is 395 g/mol. The van der Waals surface area contributed by atoms with Crippen molar-refractivity contribution in [2.75, 3.05) is 10.6 Å². The first-order valence-corrected chi connectivity index (χ1v) is 9.43. The summed E-state index contributed by atoms with van der Waals surface area (Å²) in [6.07, 6.45) is 0.788. The molecule has 0 bridgehead atoms. The zero-order valence-corrected chi connectivity index (χ0v) is 15.9. The molecule has 0 spiro atoms. The molecule has 2 N–H and O–H groups in total. The number of nitrogens with zero attached hydrogens (tertiary/aromatic N) is 1. The van der Waals surface area contributed by atoms with Crippen LogP contribution in [0.3, 0.4) is 0 Å². The van der Waals surface area contributed by atoms with Crippen LogP contribution in [0.2, 0.25) is 0 Å². The number of aryl methyl sites for hydroxylation is 2. The standard InChI is InChI=1S/C20H24F3N3O2/c1-12-16(13(2)28-26-12)11-19(27)25-18-10-14(20(21,22)23)8-9-17(18)24-15-6-4-3-5-7-15/h8-10,15,24H,3-7,11H2,1-2H3,(H,25,27). The molecule has 2 aromatic rings. The van der Waals surface area contributed by atoms with Gasteiger partial charge in [0.1, 0.15) is 5.76 Å². The van der Waals surface area contributed by atoms with Gasteiger partial charge in [-0.2, -0.15) is 13.2 Å². The van der Waals surface area contributed by atoms with Gasteiger partial charge in [0.25, 0.3) is 0 Å². The number of hydrogen-bond acceptors (Lipinski definition) is 4. The van der Waals surface area contributed by atoms with E-state index in [9.17, 15) is 18.0 Å². The van der Waals surface area contributed by atoms with E-state index in [2.05, 4.69) is 15.8 Å². The third-order valence-corrected chi connectivity index (χ3v) is 5.10. The number of amides is 1. The molecule has 1 fully saturated rings. The lowest BCUT2D eigenvalue weighted by Crippen LogP contribution is -2.24. The number of anilines is 2. The lowest BCUT2D eigenvalue weighted by Gasteiger charge is -2.25. The van der Waals surface area contributed by atoms with Crippen molar-refractivity contribution in [3.8, 4) is 0 Å². The average Bonchev–Trinajstić information content (AvgIpc) is 2.95. The van der Waals surface area contributed by atoms with Crippen LogP contribution in [0, 0.1) is 13.8 Å². The number of rotatable bonds is 5. The maximum Gasteiger partial charge on any atom is 0.416 e. The maximum atomic E-state index is 13.2. The predicted molar refractivity (Wildman–Crippen MR) is 100 cm³/mol. The molecule has 0 radical (unpaired) electrons. The molecule has 8 heteroatoms. The second-order valence-electron chi connectivity index (χ2n) is 7.27. The van der Waals surface area contributed by atoms with Gasteiger partial charge in [0.2, 0.25) is 5.91 Å². The minimum atomic E-state index is -4.48. The molecular weight excluding hydrogens is 371 g/mol. The molecule has 0 aliphatic heterocycles. The number of carbonyl (C=O) groups is 1. The normalized spacial score (nSPS) is 15.5. The van der Waals surface area contributed by atoms with E-state index in [1.807, 2.05) is 0 Å². The fourth-order valence-corrected chi connectivity index (χ4v) is 3.53. The van der Waals surface area contributed by atoms with Crippen LogP contribution in [0.4, 0.5) is 24.5 Å². The van der Waals surface area contributed by atoms with Crippen molar-refractivity contribution in [1.82, 2.24) is 5.16 Å². The van der Waals surface area contributed by atoms with Gasteiger partial charge in [-0.05, 0) is 44.9 Å². The highest BCUT2D eigenvalue weighted by Gasteiger charge is 2.31. The van der Waals surface area contributed by atoms with Crippen molar-refractivity contribution in [3.05, 3.63) is 40.8 Å². The zero-order chi connectivity index (χ0) is 20.3. The van der Waals surface area contributed by atoms with Crippen molar-refractivity contribution in [3.63, 3.8) is 0 Å². The SMILES string of the molecule is Cc1noc(C)c1CC(=O)Nc1cc(C(F)(F)F)ccc1NC1CCCCC1. The highest BCUT2D eigenvalue weighted by Crippen LogP contribution is 2.35. The fourth-order valence-electron chi connectivity index (χ4n) is 3.53. The Morgan fingerprint density at radius 1 is 1.18 bits per heavy atom. The maximum absolute atomic E-state index is 13.2. The van der Waals surface area contributed by atoms with Crippen molar-refractivity contribution < 1.29 is 22.5 Å².